The Morgan fingerprint density at radius 1 is 1.23 bits per heavy atom. The van der Waals surface area contributed by atoms with Gasteiger partial charge in [0.1, 0.15) is 18.2 Å². The summed E-state index contributed by atoms with van der Waals surface area (Å²) in [6, 6.07) is 7.76. The SMILES string of the molecule is C=O.CC#CCN(CN(CCC)CCC(C)CC)c1c(N)nc(Oc2ccccc2C)n(C)c1=O. The minimum absolute atomic E-state index is 0.151. The van der Waals surface area contributed by atoms with Gasteiger partial charge in [-0.25, -0.2) is 0 Å². The number of benzene rings is 1. The van der Waals surface area contributed by atoms with Crippen LogP contribution in [0.15, 0.2) is 29.1 Å². The fourth-order valence-corrected chi connectivity index (χ4v) is 3.54. The molecule has 0 amide bonds. The molecule has 0 radical (unpaired) electrons. The van der Waals surface area contributed by atoms with E-state index in [0.29, 0.717) is 30.6 Å². The van der Waals surface area contributed by atoms with Crippen LogP contribution in [-0.4, -0.2) is 47.5 Å². The number of ether oxygens (including phenoxy) is 1. The fraction of sp³-hybridized carbons (Fsp3) is 0.519. The zero-order chi connectivity index (χ0) is 26.4. The first-order valence-corrected chi connectivity index (χ1v) is 12.1. The van der Waals surface area contributed by atoms with E-state index in [1.54, 1.807) is 14.0 Å². The van der Waals surface area contributed by atoms with Gasteiger partial charge in [0.05, 0.1) is 13.2 Å². The molecule has 0 aliphatic rings. The fourth-order valence-electron chi connectivity index (χ4n) is 3.54. The van der Waals surface area contributed by atoms with Gasteiger partial charge in [-0.05, 0) is 50.8 Å². The smallest absolute Gasteiger partial charge is 0.306 e. The molecule has 2 aromatic rings. The van der Waals surface area contributed by atoms with Crippen LogP contribution in [0.3, 0.4) is 0 Å². The number of rotatable bonds is 12. The quantitative estimate of drug-likeness (QED) is 0.357. The van der Waals surface area contributed by atoms with Crippen LogP contribution in [0.25, 0.3) is 0 Å². The van der Waals surface area contributed by atoms with Crippen LogP contribution in [0.2, 0.25) is 0 Å². The lowest BCUT2D eigenvalue weighted by molar-refractivity contribution is -0.0979. The molecular formula is C27H41N5O3. The standard InChI is InChI=1S/C26H39N5O2.CH2O/c1-7-10-17-31(19-30(16-8-2)18-15-20(4)9-3)23-24(27)28-26(29(6)25(23)32)33-22-14-12-11-13-21(22)5;1-2/h11-14,20H,8-9,15-19,27H2,1-6H3;1H2. The number of hydrogen-bond donors (Lipinski definition) is 1. The van der Waals surface area contributed by atoms with E-state index in [2.05, 4.69) is 42.5 Å². The molecule has 0 saturated heterocycles. The normalized spacial score (nSPS) is 11.2. The Morgan fingerprint density at radius 3 is 2.51 bits per heavy atom. The first-order chi connectivity index (χ1) is 16.8. The molecule has 1 unspecified atom stereocenters. The molecule has 2 N–H and O–H groups in total. The lowest BCUT2D eigenvalue weighted by Crippen LogP contribution is -2.43. The highest BCUT2D eigenvalue weighted by atomic mass is 16.5. The minimum atomic E-state index is -0.248. The van der Waals surface area contributed by atoms with Crippen molar-refractivity contribution in [3.05, 3.63) is 40.2 Å². The van der Waals surface area contributed by atoms with E-state index in [-0.39, 0.29) is 17.4 Å². The highest BCUT2D eigenvalue weighted by molar-refractivity contribution is 5.63. The Labute approximate surface area is 210 Å². The number of aromatic nitrogens is 2. The summed E-state index contributed by atoms with van der Waals surface area (Å²) in [7, 11) is 1.66. The molecule has 1 aromatic heterocycles. The molecule has 0 aliphatic heterocycles. The van der Waals surface area contributed by atoms with Crippen molar-refractivity contribution in [3.63, 3.8) is 0 Å². The average Bonchev–Trinajstić information content (AvgIpc) is 2.86. The van der Waals surface area contributed by atoms with Crippen LogP contribution in [0, 0.1) is 24.7 Å². The van der Waals surface area contributed by atoms with E-state index >= 15 is 0 Å². The summed E-state index contributed by atoms with van der Waals surface area (Å²) in [6.07, 6.45) is 3.30. The molecule has 1 atom stereocenters. The molecule has 0 bridgehead atoms. The molecule has 1 heterocycles. The van der Waals surface area contributed by atoms with Crippen molar-refractivity contribution in [2.45, 2.75) is 53.9 Å². The molecule has 8 heteroatoms. The Balaban J connectivity index is 0.00000298. The van der Waals surface area contributed by atoms with E-state index in [0.717, 1.165) is 37.9 Å². The molecule has 2 rings (SSSR count). The summed E-state index contributed by atoms with van der Waals surface area (Å²) in [6.45, 7) is 15.3. The van der Waals surface area contributed by atoms with Gasteiger partial charge in [-0.2, -0.15) is 4.98 Å². The summed E-state index contributed by atoms with van der Waals surface area (Å²) in [5.41, 5.74) is 7.40. The summed E-state index contributed by atoms with van der Waals surface area (Å²) >= 11 is 0. The molecule has 1 aromatic carbocycles. The van der Waals surface area contributed by atoms with Crippen molar-refractivity contribution in [1.29, 1.82) is 0 Å². The monoisotopic (exact) mass is 483 g/mol. The molecule has 0 spiro atoms. The van der Waals surface area contributed by atoms with E-state index < -0.39 is 0 Å². The molecule has 0 aliphatic carbocycles. The van der Waals surface area contributed by atoms with Gasteiger partial charge in [0.15, 0.2) is 5.82 Å². The van der Waals surface area contributed by atoms with Gasteiger partial charge in [-0.15, -0.1) is 5.92 Å². The first-order valence-electron chi connectivity index (χ1n) is 12.1. The second-order valence-electron chi connectivity index (χ2n) is 8.55. The number of hydrogen-bond acceptors (Lipinski definition) is 7. The number of nitrogens with two attached hydrogens (primary N) is 1. The summed E-state index contributed by atoms with van der Waals surface area (Å²) < 4.78 is 7.34. The topological polar surface area (TPSA) is 93.7 Å². The van der Waals surface area contributed by atoms with Crippen molar-refractivity contribution < 1.29 is 9.53 Å². The van der Waals surface area contributed by atoms with E-state index in [4.69, 9.17) is 15.3 Å². The van der Waals surface area contributed by atoms with Gasteiger partial charge in [0, 0.05) is 13.6 Å². The summed E-state index contributed by atoms with van der Waals surface area (Å²) in [5.74, 6) is 7.47. The third kappa shape index (κ3) is 8.76. The summed E-state index contributed by atoms with van der Waals surface area (Å²) in [5, 5.41) is 0. The van der Waals surface area contributed by atoms with Crippen molar-refractivity contribution in [2.24, 2.45) is 13.0 Å². The van der Waals surface area contributed by atoms with E-state index in [9.17, 15) is 4.79 Å². The Kier molecular flexibility index (Phi) is 13.2. The van der Waals surface area contributed by atoms with Gasteiger partial charge in [0.2, 0.25) is 0 Å². The van der Waals surface area contributed by atoms with Crippen molar-refractivity contribution in [3.8, 4) is 23.6 Å². The predicted molar refractivity (Wildman–Crippen MR) is 144 cm³/mol. The van der Waals surface area contributed by atoms with Gasteiger partial charge in [0.25, 0.3) is 5.56 Å². The molecular weight excluding hydrogens is 442 g/mol. The Bertz CT molecular complexity index is 1040. The molecule has 35 heavy (non-hydrogen) atoms. The number of anilines is 2. The Morgan fingerprint density at radius 2 is 1.91 bits per heavy atom. The largest absolute Gasteiger partial charge is 0.425 e. The Hall–Kier alpha value is -3.31. The van der Waals surface area contributed by atoms with Crippen LogP contribution in [0.1, 0.15) is 52.5 Å². The van der Waals surface area contributed by atoms with Crippen LogP contribution in [0.4, 0.5) is 11.5 Å². The van der Waals surface area contributed by atoms with E-state index in [1.807, 2.05) is 42.9 Å². The number of nitrogen functional groups attached to an aromatic ring is 1. The second-order valence-corrected chi connectivity index (χ2v) is 8.55. The molecule has 0 fully saturated rings. The lowest BCUT2D eigenvalue weighted by Gasteiger charge is -2.31. The third-order valence-corrected chi connectivity index (χ3v) is 5.86. The average molecular weight is 484 g/mol. The lowest BCUT2D eigenvalue weighted by atomic mass is 10.1. The van der Waals surface area contributed by atoms with Gasteiger partial charge >= 0.3 is 6.01 Å². The number of aryl methyl sites for hydroxylation is 1. The molecule has 192 valence electrons. The van der Waals surface area contributed by atoms with Gasteiger partial charge in [-0.3, -0.25) is 14.3 Å². The zero-order valence-corrected chi connectivity index (χ0v) is 22.1. The van der Waals surface area contributed by atoms with Gasteiger partial charge < -0.3 is 20.2 Å². The van der Waals surface area contributed by atoms with Gasteiger partial charge in [-0.1, -0.05) is 51.3 Å². The van der Waals surface area contributed by atoms with Crippen molar-refractivity contribution in [1.82, 2.24) is 14.5 Å². The predicted octanol–water partition coefficient (Wildman–Crippen LogP) is 4.21. The highest BCUT2D eigenvalue weighted by Gasteiger charge is 2.22. The van der Waals surface area contributed by atoms with Crippen molar-refractivity contribution in [2.75, 3.05) is 36.9 Å². The van der Waals surface area contributed by atoms with E-state index in [1.165, 1.54) is 4.57 Å². The molecule has 0 saturated carbocycles. The maximum Gasteiger partial charge on any atom is 0.306 e. The summed E-state index contributed by atoms with van der Waals surface area (Å²) in [4.78, 5) is 30.1. The highest BCUT2D eigenvalue weighted by Crippen LogP contribution is 2.25. The maximum absolute atomic E-state index is 13.4. The maximum atomic E-state index is 13.4. The zero-order valence-electron chi connectivity index (χ0n) is 22.1. The number of carbonyl (C=O) groups is 1. The third-order valence-electron chi connectivity index (χ3n) is 5.86. The molecule has 8 nitrogen and oxygen atoms in total. The second kappa shape index (κ2) is 15.6. The van der Waals surface area contributed by atoms with Crippen molar-refractivity contribution >= 4 is 18.3 Å². The number of carbonyl (C=O) groups excluding carboxylic acids is 1. The van der Waals surface area contributed by atoms with Crippen LogP contribution >= 0.6 is 0 Å². The number of para-hydroxylation sites is 1. The first kappa shape index (κ1) is 29.7. The van der Waals surface area contributed by atoms with Crippen LogP contribution in [0.5, 0.6) is 11.8 Å². The van der Waals surface area contributed by atoms with Crippen LogP contribution < -0.4 is 20.9 Å². The van der Waals surface area contributed by atoms with Crippen LogP contribution in [-0.2, 0) is 11.8 Å². The minimum Gasteiger partial charge on any atom is -0.425 e. The number of nitrogens with zero attached hydrogens (tertiary/aromatic N) is 4.